The van der Waals surface area contributed by atoms with Gasteiger partial charge in [-0.15, -0.1) is 0 Å². The standard InChI is InChI=1S/C11H13ClN2O4/c1-6-3-8(12)7(4-13-6)10(16)14-5-9(15)11(17)18-2/h3-4,9,15H,5H2,1-2H3,(H,14,16). The number of methoxy groups -OCH3 is 1. The van der Waals surface area contributed by atoms with Gasteiger partial charge in [0.05, 0.1) is 24.2 Å². The Morgan fingerprint density at radius 2 is 2.28 bits per heavy atom. The second-order valence-electron chi connectivity index (χ2n) is 3.55. The molecule has 0 bridgehead atoms. The summed E-state index contributed by atoms with van der Waals surface area (Å²) in [5.74, 6) is -1.33. The maximum absolute atomic E-state index is 11.7. The third kappa shape index (κ3) is 3.68. The van der Waals surface area contributed by atoms with Gasteiger partial charge in [-0.25, -0.2) is 4.79 Å². The molecule has 1 heterocycles. The number of nitrogens with zero attached hydrogens (tertiary/aromatic N) is 1. The Hall–Kier alpha value is -1.66. The minimum Gasteiger partial charge on any atom is -0.467 e. The summed E-state index contributed by atoms with van der Waals surface area (Å²) in [5.41, 5.74) is 0.866. The Bertz CT molecular complexity index is 464. The van der Waals surface area contributed by atoms with Crippen molar-refractivity contribution < 1.29 is 19.4 Å². The van der Waals surface area contributed by atoms with Crippen LogP contribution in [0.2, 0.25) is 5.02 Å². The molecule has 1 rings (SSSR count). The molecule has 0 spiro atoms. The number of ether oxygens (including phenoxy) is 1. The summed E-state index contributed by atoms with van der Waals surface area (Å²) in [7, 11) is 1.15. The number of amides is 1. The van der Waals surface area contributed by atoms with Crippen molar-refractivity contribution in [1.82, 2.24) is 10.3 Å². The molecule has 0 radical (unpaired) electrons. The molecule has 6 nitrogen and oxygen atoms in total. The summed E-state index contributed by atoms with van der Waals surface area (Å²) in [4.78, 5) is 26.5. The fourth-order valence-electron chi connectivity index (χ4n) is 1.20. The fourth-order valence-corrected chi connectivity index (χ4v) is 1.49. The number of halogens is 1. The van der Waals surface area contributed by atoms with Gasteiger partial charge in [-0.2, -0.15) is 0 Å². The molecule has 0 fully saturated rings. The van der Waals surface area contributed by atoms with Gasteiger partial charge >= 0.3 is 5.97 Å². The number of aliphatic hydroxyl groups is 1. The molecular weight excluding hydrogens is 260 g/mol. The highest BCUT2D eigenvalue weighted by molar-refractivity contribution is 6.33. The van der Waals surface area contributed by atoms with Crippen molar-refractivity contribution in [1.29, 1.82) is 0 Å². The molecule has 0 aliphatic heterocycles. The average Bonchev–Trinajstić information content (AvgIpc) is 2.34. The smallest absolute Gasteiger partial charge is 0.336 e. The number of carbonyl (C=O) groups excluding carboxylic acids is 2. The van der Waals surface area contributed by atoms with Crippen molar-refractivity contribution in [3.8, 4) is 0 Å². The van der Waals surface area contributed by atoms with Crippen LogP contribution in [0.4, 0.5) is 0 Å². The molecular formula is C11H13ClN2O4. The third-order valence-electron chi connectivity index (χ3n) is 2.16. The summed E-state index contributed by atoms with van der Waals surface area (Å²) in [5, 5.41) is 11.9. The Morgan fingerprint density at radius 1 is 1.61 bits per heavy atom. The van der Waals surface area contributed by atoms with E-state index in [0.29, 0.717) is 5.69 Å². The molecule has 0 saturated carbocycles. The van der Waals surface area contributed by atoms with Crippen LogP contribution in [0.15, 0.2) is 12.3 Å². The molecule has 1 atom stereocenters. The lowest BCUT2D eigenvalue weighted by atomic mass is 10.2. The highest BCUT2D eigenvalue weighted by atomic mass is 35.5. The van der Waals surface area contributed by atoms with Crippen molar-refractivity contribution in [3.63, 3.8) is 0 Å². The second kappa shape index (κ2) is 6.32. The first-order valence-corrected chi connectivity index (χ1v) is 5.49. The van der Waals surface area contributed by atoms with E-state index in [1.54, 1.807) is 13.0 Å². The van der Waals surface area contributed by atoms with Crippen LogP contribution in [0.1, 0.15) is 16.1 Å². The van der Waals surface area contributed by atoms with Gasteiger partial charge < -0.3 is 15.2 Å². The highest BCUT2D eigenvalue weighted by Crippen LogP contribution is 2.15. The van der Waals surface area contributed by atoms with E-state index in [1.165, 1.54) is 6.20 Å². The molecule has 0 saturated heterocycles. The Morgan fingerprint density at radius 3 is 2.83 bits per heavy atom. The molecule has 98 valence electrons. The fraction of sp³-hybridized carbons (Fsp3) is 0.364. The predicted octanol–water partition coefficient (Wildman–Crippen LogP) is 0.307. The van der Waals surface area contributed by atoms with Crippen LogP contribution in [-0.2, 0) is 9.53 Å². The highest BCUT2D eigenvalue weighted by Gasteiger charge is 2.18. The first-order valence-electron chi connectivity index (χ1n) is 5.12. The summed E-state index contributed by atoms with van der Waals surface area (Å²) in [6.45, 7) is 1.49. The van der Waals surface area contributed by atoms with Crippen molar-refractivity contribution in [3.05, 3.63) is 28.5 Å². The first-order chi connectivity index (χ1) is 8.45. The quantitative estimate of drug-likeness (QED) is 0.770. The molecule has 0 aliphatic carbocycles. The average molecular weight is 273 g/mol. The van der Waals surface area contributed by atoms with Gasteiger partial charge in [-0.3, -0.25) is 9.78 Å². The molecule has 1 aromatic heterocycles. The molecule has 7 heteroatoms. The van der Waals surface area contributed by atoms with Crippen LogP contribution in [0.25, 0.3) is 0 Å². The molecule has 1 unspecified atom stereocenters. The van der Waals surface area contributed by atoms with Crippen LogP contribution in [-0.4, -0.2) is 41.7 Å². The minimum atomic E-state index is -1.41. The minimum absolute atomic E-state index is 0.180. The number of aromatic nitrogens is 1. The molecule has 18 heavy (non-hydrogen) atoms. The van der Waals surface area contributed by atoms with E-state index >= 15 is 0 Å². The number of aliphatic hydroxyl groups excluding tert-OH is 1. The predicted molar refractivity (Wildman–Crippen MR) is 64.3 cm³/mol. The lowest BCUT2D eigenvalue weighted by Crippen LogP contribution is -2.37. The Kier molecular flexibility index (Phi) is 5.06. The van der Waals surface area contributed by atoms with Gasteiger partial charge in [0.25, 0.3) is 5.91 Å². The van der Waals surface area contributed by atoms with Crippen molar-refractivity contribution >= 4 is 23.5 Å². The number of pyridine rings is 1. The van der Waals surface area contributed by atoms with Gasteiger partial charge in [0.15, 0.2) is 6.10 Å². The number of esters is 1. The number of rotatable bonds is 4. The van der Waals surface area contributed by atoms with E-state index in [0.717, 1.165) is 7.11 Å². The van der Waals surface area contributed by atoms with Crippen molar-refractivity contribution in [2.75, 3.05) is 13.7 Å². The van der Waals surface area contributed by atoms with Crippen LogP contribution in [0.5, 0.6) is 0 Å². The topological polar surface area (TPSA) is 88.5 Å². The zero-order valence-corrected chi connectivity index (χ0v) is 10.7. The van der Waals surface area contributed by atoms with Crippen molar-refractivity contribution in [2.24, 2.45) is 0 Å². The monoisotopic (exact) mass is 272 g/mol. The number of aryl methyl sites for hydroxylation is 1. The van der Waals surface area contributed by atoms with Gasteiger partial charge in [-0.1, -0.05) is 11.6 Å². The van der Waals surface area contributed by atoms with Crippen LogP contribution in [0, 0.1) is 6.92 Å². The lowest BCUT2D eigenvalue weighted by molar-refractivity contribution is -0.149. The largest absolute Gasteiger partial charge is 0.467 e. The van der Waals surface area contributed by atoms with Crippen LogP contribution >= 0.6 is 11.6 Å². The molecule has 2 N–H and O–H groups in total. The maximum atomic E-state index is 11.7. The zero-order valence-electron chi connectivity index (χ0n) is 9.94. The second-order valence-corrected chi connectivity index (χ2v) is 3.96. The third-order valence-corrected chi connectivity index (χ3v) is 2.48. The molecule has 0 aromatic carbocycles. The maximum Gasteiger partial charge on any atom is 0.336 e. The Balaban J connectivity index is 2.63. The zero-order chi connectivity index (χ0) is 13.7. The van der Waals surface area contributed by atoms with Gasteiger partial charge in [0.1, 0.15) is 0 Å². The number of carbonyl (C=O) groups is 2. The van der Waals surface area contributed by atoms with Gasteiger partial charge in [0, 0.05) is 11.9 Å². The molecule has 1 aromatic rings. The summed E-state index contributed by atoms with van der Waals surface area (Å²) < 4.78 is 4.31. The van der Waals surface area contributed by atoms with Crippen LogP contribution < -0.4 is 5.32 Å². The van der Waals surface area contributed by atoms with E-state index < -0.39 is 18.0 Å². The summed E-state index contributed by atoms with van der Waals surface area (Å²) in [6.07, 6.45) is -0.0755. The number of hydrogen-bond donors (Lipinski definition) is 2. The van der Waals surface area contributed by atoms with E-state index in [1.807, 2.05) is 0 Å². The molecule has 0 aliphatic rings. The summed E-state index contributed by atoms with van der Waals surface area (Å²) in [6, 6.07) is 1.55. The van der Waals surface area contributed by atoms with E-state index in [-0.39, 0.29) is 17.1 Å². The van der Waals surface area contributed by atoms with E-state index in [2.05, 4.69) is 15.0 Å². The summed E-state index contributed by atoms with van der Waals surface area (Å²) >= 11 is 5.87. The molecule has 1 amide bonds. The Labute approximate surface area is 109 Å². The first kappa shape index (κ1) is 14.4. The number of hydrogen-bond acceptors (Lipinski definition) is 5. The van der Waals surface area contributed by atoms with E-state index in [4.69, 9.17) is 11.6 Å². The van der Waals surface area contributed by atoms with E-state index in [9.17, 15) is 14.7 Å². The van der Waals surface area contributed by atoms with Gasteiger partial charge in [-0.05, 0) is 13.0 Å². The van der Waals surface area contributed by atoms with Gasteiger partial charge in [0.2, 0.25) is 0 Å². The normalized spacial score (nSPS) is 11.8. The number of nitrogens with one attached hydrogen (secondary N) is 1. The lowest BCUT2D eigenvalue weighted by Gasteiger charge is -2.10. The van der Waals surface area contributed by atoms with Crippen molar-refractivity contribution in [2.45, 2.75) is 13.0 Å². The van der Waals surface area contributed by atoms with Crippen LogP contribution in [0.3, 0.4) is 0 Å². The SMILES string of the molecule is COC(=O)C(O)CNC(=O)c1cnc(C)cc1Cl.